The van der Waals surface area contributed by atoms with Gasteiger partial charge in [0.2, 0.25) is 11.8 Å². The van der Waals surface area contributed by atoms with Crippen molar-refractivity contribution >= 4 is 11.8 Å². The second-order valence-corrected chi connectivity index (χ2v) is 9.55. The van der Waals surface area contributed by atoms with Crippen molar-refractivity contribution in [2.24, 2.45) is 11.8 Å². The number of amides is 2. The van der Waals surface area contributed by atoms with Crippen molar-refractivity contribution in [3.05, 3.63) is 42.4 Å². The van der Waals surface area contributed by atoms with Gasteiger partial charge in [-0.2, -0.15) is 0 Å². The second-order valence-electron chi connectivity index (χ2n) is 9.55. The molecule has 1 N–H and O–H groups in total. The van der Waals surface area contributed by atoms with Gasteiger partial charge in [-0.3, -0.25) is 14.6 Å². The number of likely N-dealkylation sites (N-methyl/N-ethyl adjacent to an activating group) is 1. The monoisotopic (exact) mass is 482 g/mol. The molecule has 0 unspecified atom stereocenters. The van der Waals surface area contributed by atoms with E-state index in [0.717, 1.165) is 24.0 Å². The summed E-state index contributed by atoms with van der Waals surface area (Å²) in [6.07, 6.45) is 6.15. The maximum Gasteiger partial charge on any atom is 0.259 e. The van der Waals surface area contributed by atoms with Crippen molar-refractivity contribution in [1.82, 2.24) is 19.8 Å². The highest BCUT2D eigenvalue weighted by molar-refractivity contribution is 5.98. The molecule has 0 radical (unpaired) electrons. The van der Waals surface area contributed by atoms with Crippen molar-refractivity contribution in [1.29, 1.82) is 0 Å². The minimum Gasteiger partial charge on any atom is -0.472 e. The largest absolute Gasteiger partial charge is 0.472 e. The topological polar surface area (TPSA) is 105 Å². The lowest BCUT2D eigenvalue weighted by Gasteiger charge is -2.38. The van der Waals surface area contributed by atoms with Gasteiger partial charge in [0.1, 0.15) is 11.7 Å². The molecule has 2 amide bonds. The Morgan fingerprint density at radius 1 is 1.29 bits per heavy atom. The number of hydrogen-bond acceptors (Lipinski definition) is 7. The Labute approximate surface area is 206 Å². The van der Waals surface area contributed by atoms with Crippen LogP contribution in [-0.4, -0.2) is 88.8 Å². The number of pyridine rings is 2. The van der Waals surface area contributed by atoms with Crippen molar-refractivity contribution in [2.45, 2.75) is 38.8 Å². The number of carbonyl (C=O) groups excluding carboxylic acids is 2. The van der Waals surface area contributed by atoms with Crippen molar-refractivity contribution < 1.29 is 24.2 Å². The highest BCUT2D eigenvalue weighted by Gasteiger charge is 2.35. The zero-order valence-corrected chi connectivity index (χ0v) is 20.6. The van der Waals surface area contributed by atoms with E-state index in [4.69, 9.17) is 9.47 Å². The van der Waals surface area contributed by atoms with Gasteiger partial charge >= 0.3 is 0 Å². The average Bonchev–Trinajstić information content (AvgIpc) is 2.90. The number of aromatic nitrogens is 2. The Bertz CT molecular complexity index is 1030. The first-order valence-electron chi connectivity index (χ1n) is 12.2. The van der Waals surface area contributed by atoms with Gasteiger partial charge in [-0.15, -0.1) is 0 Å². The molecular formula is C26H34N4O5. The fourth-order valence-corrected chi connectivity index (χ4v) is 4.63. The molecular weight excluding hydrogens is 448 g/mol. The first-order chi connectivity index (χ1) is 16.9. The van der Waals surface area contributed by atoms with Gasteiger partial charge in [0.25, 0.3) is 5.91 Å². The molecule has 0 saturated carbocycles. The third kappa shape index (κ3) is 5.62. The Morgan fingerprint density at radius 3 is 2.74 bits per heavy atom. The van der Waals surface area contributed by atoms with Crippen LogP contribution in [0.5, 0.6) is 5.88 Å². The van der Waals surface area contributed by atoms with Crippen LogP contribution in [0.15, 0.2) is 36.8 Å². The number of aliphatic hydroxyl groups excluding tert-OH is 1. The molecule has 3 atom stereocenters. The predicted molar refractivity (Wildman–Crippen MR) is 130 cm³/mol. The normalized spacial score (nSPS) is 21.9. The zero-order valence-electron chi connectivity index (χ0n) is 20.6. The summed E-state index contributed by atoms with van der Waals surface area (Å²) in [5.74, 6) is -0.0516. The van der Waals surface area contributed by atoms with E-state index in [9.17, 15) is 14.7 Å². The summed E-state index contributed by atoms with van der Waals surface area (Å²) in [5, 5.41) is 9.85. The average molecular weight is 483 g/mol. The molecule has 0 spiro atoms. The number of hydrogen-bond donors (Lipinski definition) is 1. The van der Waals surface area contributed by atoms with Crippen molar-refractivity contribution in [3.63, 3.8) is 0 Å². The lowest BCUT2D eigenvalue weighted by molar-refractivity contribution is -0.138. The zero-order chi connectivity index (χ0) is 24.9. The fourth-order valence-electron chi connectivity index (χ4n) is 4.63. The van der Waals surface area contributed by atoms with Gasteiger partial charge in [-0.25, -0.2) is 4.98 Å². The van der Waals surface area contributed by atoms with Gasteiger partial charge in [0, 0.05) is 68.4 Å². The molecule has 9 heteroatoms. The minimum absolute atomic E-state index is 0.0439. The predicted octanol–water partition coefficient (Wildman–Crippen LogP) is 2.25. The molecule has 4 heterocycles. The number of ether oxygens (including phenoxy) is 2. The molecule has 2 aliphatic rings. The number of rotatable bonds is 6. The highest BCUT2D eigenvalue weighted by atomic mass is 16.5. The van der Waals surface area contributed by atoms with Crippen LogP contribution in [0, 0.1) is 11.8 Å². The van der Waals surface area contributed by atoms with Crippen LogP contribution >= 0.6 is 0 Å². The molecule has 1 fully saturated rings. The summed E-state index contributed by atoms with van der Waals surface area (Å²) < 4.78 is 11.7. The Kier molecular flexibility index (Phi) is 7.97. The van der Waals surface area contributed by atoms with Crippen LogP contribution in [0.2, 0.25) is 0 Å². The quantitative estimate of drug-likeness (QED) is 0.673. The Hall–Kier alpha value is -3.04. The number of nitrogens with zero attached hydrogens (tertiary/aromatic N) is 4. The molecule has 0 aromatic carbocycles. The first-order valence-corrected chi connectivity index (χ1v) is 12.2. The van der Waals surface area contributed by atoms with Crippen LogP contribution in [0.4, 0.5) is 0 Å². The molecule has 1 saturated heterocycles. The second kappa shape index (κ2) is 11.1. The molecule has 2 aliphatic heterocycles. The van der Waals surface area contributed by atoms with Crippen LogP contribution in [0.25, 0.3) is 11.1 Å². The minimum atomic E-state index is -0.375. The van der Waals surface area contributed by atoms with Gasteiger partial charge in [-0.1, -0.05) is 13.0 Å². The lowest BCUT2D eigenvalue weighted by atomic mass is 9.97. The molecule has 0 bridgehead atoms. The van der Waals surface area contributed by atoms with E-state index in [1.807, 2.05) is 26.0 Å². The van der Waals surface area contributed by atoms with Gasteiger partial charge in [0.05, 0.1) is 19.2 Å². The molecule has 35 heavy (non-hydrogen) atoms. The lowest BCUT2D eigenvalue weighted by Crippen LogP contribution is -2.51. The summed E-state index contributed by atoms with van der Waals surface area (Å²) in [6.45, 7) is 5.63. The van der Waals surface area contributed by atoms with Gasteiger partial charge in [-0.05, 0) is 31.9 Å². The summed E-state index contributed by atoms with van der Waals surface area (Å²) in [6, 6.07) is 5.12. The third-order valence-electron chi connectivity index (χ3n) is 6.92. The van der Waals surface area contributed by atoms with Crippen LogP contribution in [0.1, 0.15) is 37.0 Å². The molecule has 4 rings (SSSR count). The van der Waals surface area contributed by atoms with E-state index in [0.29, 0.717) is 31.9 Å². The van der Waals surface area contributed by atoms with Crippen LogP contribution in [-0.2, 0) is 9.53 Å². The number of fused-ring (bicyclic) bond motifs is 1. The van der Waals surface area contributed by atoms with Gasteiger partial charge < -0.3 is 24.4 Å². The maximum atomic E-state index is 13.6. The van der Waals surface area contributed by atoms with E-state index in [1.54, 1.807) is 41.5 Å². The fraction of sp³-hybridized carbons (Fsp3) is 0.538. The number of carbonyl (C=O) groups is 2. The summed E-state index contributed by atoms with van der Waals surface area (Å²) >= 11 is 0. The standard InChI is InChI=1S/C26H34N4O5/c1-17-14-30(18(2)16-31)26(33)22-11-21(20-5-4-8-27-12-20)13-28-24(22)35-23(17)15-29(3)25(32)19-6-9-34-10-7-19/h4-5,8,11-13,17-19,23,31H,6-7,9-10,14-16H2,1-3H3/t17-,18+,23-/m0/s1. The van der Waals surface area contributed by atoms with E-state index >= 15 is 0 Å². The molecule has 9 nitrogen and oxygen atoms in total. The summed E-state index contributed by atoms with van der Waals surface area (Å²) in [7, 11) is 1.80. The molecule has 0 aliphatic carbocycles. The van der Waals surface area contributed by atoms with Gasteiger partial charge in [0.15, 0.2) is 0 Å². The van der Waals surface area contributed by atoms with Crippen molar-refractivity contribution in [3.8, 4) is 17.0 Å². The first kappa shape index (κ1) is 25.1. The summed E-state index contributed by atoms with van der Waals surface area (Å²) in [5.41, 5.74) is 1.93. The van der Waals surface area contributed by atoms with Crippen LogP contribution < -0.4 is 4.74 Å². The van der Waals surface area contributed by atoms with E-state index in [2.05, 4.69) is 9.97 Å². The Balaban J connectivity index is 1.64. The maximum absolute atomic E-state index is 13.6. The SMILES string of the molecule is C[C@H](CO)N1C[C@H](C)[C@H](CN(C)C(=O)C2CCOCC2)Oc2ncc(-c3cccnc3)cc2C1=O. The van der Waals surface area contributed by atoms with E-state index < -0.39 is 0 Å². The van der Waals surface area contributed by atoms with Crippen LogP contribution in [0.3, 0.4) is 0 Å². The molecule has 2 aromatic heterocycles. The van der Waals surface area contributed by atoms with E-state index in [-0.39, 0.29) is 48.3 Å². The van der Waals surface area contributed by atoms with E-state index in [1.165, 1.54) is 0 Å². The molecule has 188 valence electrons. The smallest absolute Gasteiger partial charge is 0.259 e. The highest BCUT2D eigenvalue weighted by Crippen LogP contribution is 2.30. The molecule has 2 aromatic rings. The van der Waals surface area contributed by atoms with Crippen molar-refractivity contribution in [2.75, 3.05) is 40.0 Å². The summed E-state index contributed by atoms with van der Waals surface area (Å²) in [4.78, 5) is 38.7. The third-order valence-corrected chi connectivity index (χ3v) is 6.92. The number of aliphatic hydroxyl groups is 1. The Morgan fingerprint density at radius 2 is 2.06 bits per heavy atom.